The van der Waals surface area contributed by atoms with Crippen molar-refractivity contribution in [2.45, 2.75) is 18.2 Å². The molecule has 0 N–H and O–H groups in total. The molecule has 2 aliphatic rings. The third kappa shape index (κ3) is 2.64. The molecule has 132 valence electrons. The zero-order valence-electron chi connectivity index (χ0n) is 14.5. The number of fused-ring (bicyclic) bond motifs is 1. The molecule has 2 heterocycles. The van der Waals surface area contributed by atoms with Gasteiger partial charge in [-0.05, 0) is 16.7 Å². The lowest BCUT2D eigenvalue weighted by Gasteiger charge is -2.14. The number of nitro benzene ring substituents is 1. The van der Waals surface area contributed by atoms with Crippen molar-refractivity contribution in [3.63, 3.8) is 0 Å². The Morgan fingerprint density at radius 3 is 2.04 bits per heavy atom. The Kier molecular flexibility index (Phi) is 3.62. The monoisotopic (exact) mass is 355 g/mol. The van der Waals surface area contributed by atoms with Crippen LogP contribution in [0.1, 0.15) is 28.9 Å². The average Bonchev–Trinajstić information content (AvgIpc) is 3.33. The zero-order chi connectivity index (χ0) is 18.4. The molecule has 2 aliphatic heterocycles. The van der Waals surface area contributed by atoms with E-state index in [2.05, 4.69) is 29.2 Å². The molecule has 0 radical (unpaired) electrons. The van der Waals surface area contributed by atoms with Crippen molar-refractivity contribution in [3.8, 4) is 0 Å². The fourth-order valence-electron chi connectivity index (χ4n) is 3.99. The van der Waals surface area contributed by atoms with Crippen LogP contribution < -0.4 is 0 Å². The molecule has 3 aromatic carbocycles. The minimum absolute atomic E-state index is 0.0217. The molecule has 5 heteroatoms. The van der Waals surface area contributed by atoms with Gasteiger partial charge in [0.1, 0.15) is 6.17 Å². The Hall–Kier alpha value is -3.31. The maximum absolute atomic E-state index is 10.9. The molecule has 0 saturated carbocycles. The van der Waals surface area contributed by atoms with Gasteiger partial charge in [-0.3, -0.25) is 20.0 Å². The largest absolute Gasteiger partial charge is 0.269 e. The highest BCUT2D eigenvalue weighted by Crippen LogP contribution is 2.55. The maximum Gasteiger partial charge on any atom is 0.269 e. The van der Waals surface area contributed by atoms with Crippen LogP contribution in [0.2, 0.25) is 0 Å². The molecule has 0 spiro atoms. The standard InChI is InChI=1S/C22H17N3O2/c26-25(27)18-13-11-16(12-14-18)20-21-19(15-7-3-1-4-8-15)23-22(24(20)21)17-9-5-2-6-10-17/h1-14,20-22H/t20-,21+,22+,24?/m1/s1. The van der Waals surface area contributed by atoms with Crippen molar-refractivity contribution in [1.29, 1.82) is 0 Å². The summed E-state index contributed by atoms with van der Waals surface area (Å²) in [7, 11) is 0. The van der Waals surface area contributed by atoms with E-state index in [1.54, 1.807) is 12.1 Å². The molecule has 5 rings (SSSR count). The van der Waals surface area contributed by atoms with Crippen molar-refractivity contribution in [1.82, 2.24) is 4.90 Å². The van der Waals surface area contributed by atoms with Gasteiger partial charge in [-0.1, -0.05) is 72.8 Å². The first-order chi connectivity index (χ1) is 13.2. The Morgan fingerprint density at radius 2 is 1.41 bits per heavy atom. The summed E-state index contributed by atoms with van der Waals surface area (Å²) in [6, 6.07) is 27.8. The van der Waals surface area contributed by atoms with Crippen LogP contribution in [0.5, 0.6) is 0 Å². The Morgan fingerprint density at radius 1 is 0.778 bits per heavy atom. The summed E-state index contributed by atoms with van der Waals surface area (Å²) in [5.74, 6) is 0. The predicted molar refractivity (Wildman–Crippen MR) is 104 cm³/mol. The second kappa shape index (κ2) is 6.14. The van der Waals surface area contributed by atoms with Gasteiger partial charge >= 0.3 is 0 Å². The van der Waals surface area contributed by atoms with Gasteiger partial charge in [-0.15, -0.1) is 0 Å². The van der Waals surface area contributed by atoms with E-state index in [0.717, 1.165) is 22.4 Å². The third-order valence-electron chi connectivity index (χ3n) is 5.29. The van der Waals surface area contributed by atoms with Gasteiger partial charge < -0.3 is 0 Å². The second-order valence-corrected chi connectivity index (χ2v) is 6.85. The van der Waals surface area contributed by atoms with Gasteiger partial charge in [0.25, 0.3) is 5.69 Å². The van der Waals surface area contributed by atoms with E-state index in [4.69, 9.17) is 4.99 Å². The first-order valence-electron chi connectivity index (χ1n) is 8.94. The highest BCUT2D eigenvalue weighted by Gasteiger charge is 2.59. The van der Waals surface area contributed by atoms with E-state index >= 15 is 0 Å². The average molecular weight is 355 g/mol. The van der Waals surface area contributed by atoms with E-state index in [1.165, 1.54) is 0 Å². The molecule has 0 bridgehead atoms. The summed E-state index contributed by atoms with van der Waals surface area (Å²) in [4.78, 5) is 18.0. The van der Waals surface area contributed by atoms with Gasteiger partial charge in [0.05, 0.1) is 22.7 Å². The number of rotatable bonds is 4. The van der Waals surface area contributed by atoms with E-state index in [0.29, 0.717) is 0 Å². The molecule has 0 aliphatic carbocycles. The molecule has 27 heavy (non-hydrogen) atoms. The van der Waals surface area contributed by atoms with Crippen LogP contribution in [-0.4, -0.2) is 21.6 Å². The number of nitrogens with zero attached hydrogens (tertiary/aromatic N) is 3. The van der Waals surface area contributed by atoms with Crippen molar-refractivity contribution >= 4 is 11.4 Å². The number of non-ortho nitro benzene ring substituents is 1. The van der Waals surface area contributed by atoms with Crippen LogP contribution in [-0.2, 0) is 0 Å². The van der Waals surface area contributed by atoms with Crippen molar-refractivity contribution < 1.29 is 4.92 Å². The third-order valence-corrected chi connectivity index (χ3v) is 5.29. The lowest BCUT2D eigenvalue weighted by molar-refractivity contribution is -0.384. The topological polar surface area (TPSA) is 58.5 Å². The zero-order valence-corrected chi connectivity index (χ0v) is 14.5. The fourth-order valence-corrected chi connectivity index (χ4v) is 3.99. The van der Waals surface area contributed by atoms with Gasteiger partial charge in [0.2, 0.25) is 0 Å². The van der Waals surface area contributed by atoms with E-state index in [-0.39, 0.29) is 28.9 Å². The van der Waals surface area contributed by atoms with Crippen LogP contribution in [0.4, 0.5) is 5.69 Å². The molecule has 1 unspecified atom stereocenters. The van der Waals surface area contributed by atoms with Crippen molar-refractivity contribution in [2.75, 3.05) is 0 Å². The highest BCUT2D eigenvalue weighted by molar-refractivity contribution is 6.08. The van der Waals surface area contributed by atoms with Crippen LogP contribution in [0.3, 0.4) is 0 Å². The molecular formula is C22H17N3O2. The molecule has 1 saturated heterocycles. The predicted octanol–water partition coefficient (Wildman–Crippen LogP) is 4.52. The lowest BCUT2D eigenvalue weighted by Crippen LogP contribution is -2.08. The molecule has 3 aromatic rings. The highest BCUT2D eigenvalue weighted by atomic mass is 16.6. The van der Waals surface area contributed by atoms with Gasteiger partial charge in [-0.2, -0.15) is 0 Å². The summed E-state index contributed by atoms with van der Waals surface area (Å²) in [5.41, 5.74) is 4.60. The number of hydrogen-bond acceptors (Lipinski definition) is 4. The summed E-state index contributed by atoms with van der Waals surface area (Å²) < 4.78 is 0. The molecule has 1 fully saturated rings. The lowest BCUT2D eigenvalue weighted by atomic mass is 10.0. The first kappa shape index (κ1) is 15.9. The molecule has 4 atom stereocenters. The molecular weight excluding hydrogens is 338 g/mol. The fraction of sp³-hybridized carbons (Fsp3) is 0.136. The number of aliphatic imine (C=N–C) groups is 1. The number of hydrogen-bond donors (Lipinski definition) is 0. The summed E-state index contributed by atoms with van der Waals surface area (Å²) >= 11 is 0. The first-order valence-corrected chi connectivity index (χ1v) is 8.94. The summed E-state index contributed by atoms with van der Waals surface area (Å²) in [5, 5.41) is 10.9. The van der Waals surface area contributed by atoms with Crippen molar-refractivity contribution in [3.05, 3.63) is 112 Å². The molecule has 0 amide bonds. The second-order valence-electron chi connectivity index (χ2n) is 6.85. The minimum Gasteiger partial charge on any atom is -0.263 e. The number of nitro groups is 1. The molecule has 5 nitrogen and oxygen atoms in total. The quantitative estimate of drug-likeness (QED) is 0.393. The SMILES string of the molecule is O=[N+]([O-])c1ccc([C@@H]2[C@@H]3C(c4ccccc4)=N[C@H](c4ccccc4)N23)cc1. The molecule has 0 aromatic heterocycles. The Balaban J connectivity index is 1.53. The van der Waals surface area contributed by atoms with Crippen LogP contribution >= 0.6 is 0 Å². The van der Waals surface area contributed by atoms with Crippen LogP contribution in [0, 0.1) is 10.1 Å². The van der Waals surface area contributed by atoms with Gasteiger partial charge in [0, 0.05) is 12.1 Å². The maximum atomic E-state index is 10.9. The van der Waals surface area contributed by atoms with Gasteiger partial charge in [0.15, 0.2) is 0 Å². The van der Waals surface area contributed by atoms with Crippen molar-refractivity contribution in [2.24, 2.45) is 4.99 Å². The Bertz CT molecular complexity index is 1020. The summed E-state index contributed by atoms with van der Waals surface area (Å²) in [6.45, 7) is 0. The Labute approximate surface area is 156 Å². The summed E-state index contributed by atoms with van der Waals surface area (Å²) in [6.07, 6.45) is -0.0217. The van der Waals surface area contributed by atoms with Crippen LogP contribution in [0.25, 0.3) is 0 Å². The van der Waals surface area contributed by atoms with E-state index < -0.39 is 0 Å². The van der Waals surface area contributed by atoms with E-state index in [9.17, 15) is 10.1 Å². The van der Waals surface area contributed by atoms with E-state index in [1.807, 2.05) is 48.5 Å². The normalized spacial score (nSPS) is 25.6. The van der Waals surface area contributed by atoms with Gasteiger partial charge in [-0.25, -0.2) is 0 Å². The minimum atomic E-state index is -0.360. The number of benzene rings is 3. The van der Waals surface area contributed by atoms with Crippen LogP contribution in [0.15, 0.2) is 89.9 Å². The smallest absolute Gasteiger partial charge is 0.263 e.